The summed E-state index contributed by atoms with van der Waals surface area (Å²) in [5, 5.41) is 0. The molecule has 5 heteroatoms. The smallest absolute Gasteiger partial charge is 0.269 e. The van der Waals surface area contributed by atoms with Gasteiger partial charge in [0.25, 0.3) is 5.91 Å². The first-order valence-corrected chi connectivity index (χ1v) is 8.52. The molecule has 0 aliphatic heterocycles. The summed E-state index contributed by atoms with van der Waals surface area (Å²) in [6.07, 6.45) is 4.07. The fraction of sp³-hybridized carbons (Fsp3) is 0.133. The minimum absolute atomic E-state index is 0.147. The van der Waals surface area contributed by atoms with E-state index in [1.165, 1.54) is 0 Å². The Labute approximate surface area is 127 Å². The average Bonchev–Trinajstić information content (AvgIpc) is 2.53. The Kier molecular flexibility index (Phi) is 5.38. The SMILES string of the molecule is CSc1cc(NNC(=O)c2ccccc2)cc(SC)c1. The summed E-state index contributed by atoms with van der Waals surface area (Å²) in [5.41, 5.74) is 7.19. The zero-order chi connectivity index (χ0) is 14.4. The topological polar surface area (TPSA) is 41.1 Å². The molecule has 1 amide bonds. The molecule has 2 aromatic carbocycles. The van der Waals surface area contributed by atoms with E-state index in [2.05, 4.69) is 16.9 Å². The van der Waals surface area contributed by atoms with Crippen molar-refractivity contribution in [2.24, 2.45) is 0 Å². The van der Waals surface area contributed by atoms with E-state index in [1.54, 1.807) is 35.7 Å². The highest BCUT2D eigenvalue weighted by atomic mass is 32.2. The van der Waals surface area contributed by atoms with Crippen LogP contribution in [0, 0.1) is 0 Å². The zero-order valence-electron chi connectivity index (χ0n) is 11.3. The quantitative estimate of drug-likeness (QED) is 0.649. The second-order valence-electron chi connectivity index (χ2n) is 4.05. The van der Waals surface area contributed by atoms with Crippen LogP contribution in [0.4, 0.5) is 5.69 Å². The third-order valence-corrected chi connectivity index (χ3v) is 4.12. The van der Waals surface area contributed by atoms with Gasteiger partial charge >= 0.3 is 0 Å². The molecule has 0 saturated carbocycles. The predicted octanol–water partition coefficient (Wildman–Crippen LogP) is 3.89. The van der Waals surface area contributed by atoms with Crippen LogP contribution in [-0.2, 0) is 0 Å². The van der Waals surface area contributed by atoms with Gasteiger partial charge in [0.05, 0.1) is 5.69 Å². The van der Waals surface area contributed by atoms with E-state index in [0.717, 1.165) is 15.5 Å². The third-order valence-electron chi connectivity index (χ3n) is 2.71. The fourth-order valence-electron chi connectivity index (χ4n) is 1.67. The van der Waals surface area contributed by atoms with Gasteiger partial charge in [-0.1, -0.05) is 18.2 Å². The minimum atomic E-state index is -0.147. The lowest BCUT2D eigenvalue weighted by molar-refractivity contribution is 0.0962. The first kappa shape index (κ1) is 14.8. The number of amides is 1. The van der Waals surface area contributed by atoms with Crippen molar-refractivity contribution in [1.29, 1.82) is 0 Å². The highest BCUT2D eigenvalue weighted by molar-refractivity contribution is 7.99. The van der Waals surface area contributed by atoms with Gasteiger partial charge < -0.3 is 0 Å². The summed E-state index contributed by atoms with van der Waals surface area (Å²) < 4.78 is 0. The summed E-state index contributed by atoms with van der Waals surface area (Å²) in [6.45, 7) is 0. The number of nitrogens with one attached hydrogen (secondary N) is 2. The van der Waals surface area contributed by atoms with Crippen LogP contribution in [0.1, 0.15) is 10.4 Å². The van der Waals surface area contributed by atoms with Crippen LogP contribution < -0.4 is 10.9 Å². The molecule has 0 aliphatic rings. The van der Waals surface area contributed by atoms with Crippen molar-refractivity contribution >= 4 is 35.1 Å². The van der Waals surface area contributed by atoms with Gasteiger partial charge in [-0.05, 0) is 42.8 Å². The second-order valence-corrected chi connectivity index (χ2v) is 5.81. The fourth-order valence-corrected chi connectivity index (χ4v) is 2.72. The third kappa shape index (κ3) is 3.95. The molecule has 0 bridgehead atoms. The number of thioether (sulfide) groups is 2. The Morgan fingerprint density at radius 1 is 0.950 bits per heavy atom. The molecule has 0 atom stereocenters. The van der Waals surface area contributed by atoms with E-state index in [9.17, 15) is 4.79 Å². The molecule has 2 N–H and O–H groups in total. The van der Waals surface area contributed by atoms with Crippen LogP contribution in [0.25, 0.3) is 0 Å². The van der Waals surface area contributed by atoms with E-state index >= 15 is 0 Å². The monoisotopic (exact) mass is 304 g/mol. The van der Waals surface area contributed by atoms with Gasteiger partial charge in [0.1, 0.15) is 0 Å². The number of hydrazine groups is 1. The standard InChI is InChI=1S/C15H16N2OS2/c1-19-13-8-12(9-14(10-13)20-2)16-17-15(18)11-6-4-3-5-7-11/h3-10,16H,1-2H3,(H,17,18). The van der Waals surface area contributed by atoms with Crippen LogP contribution in [0.2, 0.25) is 0 Å². The highest BCUT2D eigenvalue weighted by Gasteiger charge is 2.04. The van der Waals surface area contributed by atoms with Gasteiger partial charge in [-0.2, -0.15) is 0 Å². The molecule has 0 aromatic heterocycles. The Morgan fingerprint density at radius 3 is 2.10 bits per heavy atom. The molecule has 0 fully saturated rings. The molecule has 0 radical (unpaired) electrons. The van der Waals surface area contributed by atoms with Gasteiger partial charge in [-0.25, -0.2) is 0 Å². The first-order chi connectivity index (χ1) is 9.72. The molecule has 0 aliphatic carbocycles. The lowest BCUT2D eigenvalue weighted by atomic mass is 10.2. The molecule has 0 heterocycles. The van der Waals surface area contributed by atoms with Gasteiger partial charge in [-0.3, -0.25) is 15.6 Å². The number of rotatable bonds is 5. The van der Waals surface area contributed by atoms with Crippen LogP contribution >= 0.6 is 23.5 Å². The van der Waals surface area contributed by atoms with Crippen molar-refractivity contribution < 1.29 is 4.79 Å². The maximum absolute atomic E-state index is 11.9. The van der Waals surface area contributed by atoms with Crippen molar-refractivity contribution in [1.82, 2.24) is 5.43 Å². The van der Waals surface area contributed by atoms with Crippen LogP contribution in [-0.4, -0.2) is 18.4 Å². The number of anilines is 1. The largest absolute Gasteiger partial charge is 0.298 e. The first-order valence-electron chi connectivity index (χ1n) is 6.07. The predicted molar refractivity (Wildman–Crippen MR) is 87.5 cm³/mol. The Morgan fingerprint density at radius 2 is 1.55 bits per heavy atom. The van der Waals surface area contributed by atoms with Crippen molar-refractivity contribution in [3.05, 3.63) is 54.1 Å². The number of benzene rings is 2. The van der Waals surface area contributed by atoms with Gasteiger partial charge in [0.15, 0.2) is 0 Å². The van der Waals surface area contributed by atoms with Gasteiger partial charge in [-0.15, -0.1) is 23.5 Å². The molecule has 2 aromatic rings. The van der Waals surface area contributed by atoms with Crippen LogP contribution in [0.5, 0.6) is 0 Å². The summed E-state index contributed by atoms with van der Waals surface area (Å²) in [7, 11) is 0. The average molecular weight is 304 g/mol. The zero-order valence-corrected chi connectivity index (χ0v) is 13.0. The number of carbonyl (C=O) groups excluding carboxylic acids is 1. The lowest BCUT2D eigenvalue weighted by Crippen LogP contribution is -2.29. The van der Waals surface area contributed by atoms with Crippen LogP contribution in [0.3, 0.4) is 0 Å². The molecule has 3 nitrogen and oxygen atoms in total. The van der Waals surface area contributed by atoms with E-state index in [1.807, 2.05) is 42.8 Å². The van der Waals surface area contributed by atoms with Crippen molar-refractivity contribution in [2.75, 3.05) is 17.9 Å². The van der Waals surface area contributed by atoms with E-state index in [-0.39, 0.29) is 5.91 Å². The van der Waals surface area contributed by atoms with E-state index < -0.39 is 0 Å². The summed E-state index contributed by atoms with van der Waals surface area (Å²) in [6, 6.07) is 15.3. The van der Waals surface area contributed by atoms with E-state index in [0.29, 0.717) is 5.56 Å². The Hall–Kier alpha value is -1.59. The molecular formula is C15H16N2OS2. The molecule has 20 heavy (non-hydrogen) atoms. The normalized spacial score (nSPS) is 10.1. The maximum Gasteiger partial charge on any atom is 0.269 e. The van der Waals surface area contributed by atoms with Crippen molar-refractivity contribution in [3.8, 4) is 0 Å². The number of hydrogen-bond donors (Lipinski definition) is 2. The molecular weight excluding hydrogens is 288 g/mol. The maximum atomic E-state index is 11.9. The van der Waals surface area contributed by atoms with E-state index in [4.69, 9.17) is 0 Å². The summed E-state index contributed by atoms with van der Waals surface area (Å²) >= 11 is 3.35. The van der Waals surface area contributed by atoms with Gasteiger partial charge in [0.2, 0.25) is 0 Å². The molecule has 0 unspecified atom stereocenters. The molecule has 0 saturated heterocycles. The Bertz CT molecular complexity index is 565. The molecule has 2 rings (SSSR count). The summed E-state index contributed by atoms with van der Waals surface area (Å²) in [4.78, 5) is 14.3. The number of hydrogen-bond acceptors (Lipinski definition) is 4. The molecule has 0 spiro atoms. The van der Waals surface area contributed by atoms with Gasteiger partial charge in [0, 0.05) is 15.4 Å². The summed E-state index contributed by atoms with van der Waals surface area (Å²) in [5.74, 6) is -0.147. The minimum Gasteiger partial charge on any atom is -0.298 e. The Balaban J connectivity index is 2.05. The highest BCUT2D eigenvalue weighted by Crippen LogP contribution is 2.26. The second kappa shape index (κ2) is 7.26. The van der Waals surface area contributed by atoms with Crippen molar-refractivity contribution in [3.63, 3.8) is 0 Å². The van der Waals surface area contributed by atoms with Crippen LogP contribution in [0.15, 0.2) is 58.3 Å². The van der Waals surface area contributed by atoms with Crippen molar-refractivity contribution in [2.45, 2.75) is 9.79 Å². The lowest BCUT2D eigenvalue weighted by Gasteiger charge is -2.11. The molecule has 104 valence electrons. The number of carbonyl (C=O) groups is 1.